The van der Waals surface area contributed by atoms with Gasteiger partial charge in [0, 0.05) is 19.1 Å². The van der Waals surface area contributed by atoms with Crippen molar-refractivity contribution in [2.45, 2.75) is 25.5 Å². The molecule has 14 heavy (non-hydrogen) atoms. The zero-order valence-corrected chi connectivity index (χ0v) is 8.61. The third-order valence-corrected chi connectivity index (χ3v) is 2.55. The Bertz CT molecular complexity index is 218. The third kappa shape index (κ3) is 3.12. The topological polar surface area (TPSA) is 55.6 Å². The van der Waals surface area contributed by atoms with Gasteiger partial charge in [0.1, 0.15) is 6.61 Å². The molecule has 0 saturated carbocycles. The normalized spacial score (nSPS) is 24.8. The Morgan fingerprint density at radius 3 is 3.14 bits per heavy atom. The highest BCUT2D eigenvalue weighted by Gasteiger charge is 2.25. The largest absolute Gasteiger partial charge is 0.368 e. The van der Waals surface area contributed by atoms with Crippen molar-refractivity contribution in [3.05, 3.63) is 12.7 Å². The minimum Gasteiger partial charge on any atom is -0.368 e. The molecule has 1 amide bonds. The van der Waals surface area contributed by atoms with Crippen molar-refractivity contribution in [2.75, 3.05) is 19.7 Å². The Balaban J connectivity index is 2.26. The van der Waals surface area contributed by atoms with Gasteiger partial charge in [0.05, 0.1) is 6.10 Å². The predicted molar refractivity (Wildman–Crippen MR) is 54.8 cm³/mol. The number of rotatable bonds is 5. The number of hydrogen-bond donors (Lipinski definition) is 1. The van der Waals surface area contributed by atoms with Crippen LogP contribution in [0.4, 0.5) is 0 Å². The maximum absolute atomic E-state index is 10.5. The van der Waals surface area contributed by atoms with Gasteiger partial charge in [-0.15, -0.1) is 6.58 Å². The van der Waals surface area contributed by atoms with E-state index in [-0.39, 0.29) is 12.7 Å². The molecule has 2 atom stereocenters. The van der Waals surface area contributed by atoms with Crippen LogP contribution in [-0.4, -0.2) is 42.6 Å². The second kappa shape index (κ2) is 5.12. The number of carbonyl (C=O) groups excluding carboxylic acids is 1. The maximum Gasteiger partial charge on any atom is 0.243 e. The van der Waals surface area contributed by atoms with Crippen LogP contribution >= 0.6 is 0 Å². The van der Waals surface area contributed by atoms with E-state index in [4.69, 9.17) is 10.5 Å². The maximum atomic E-state index is 10.5. The molecule has 2 unspecified atom stereocenters. The van der Waals surface area contributed by atoms with Crippen LogP contribution in [-0.2, 0) is 9.53 Å². The quantitative estimate of drug-likeness (QED) is 0.639. The number of nitrogens with zero attached hydrogens (tertiary/aromatic N) is 1. The minimum absolute atomic E-state index is 0.0287. The summed E-state index contributed by atoms with van der Waals surface area (Å²) >= 11 is 0. The Morgan fingerprint density at radius 1 is 1.86 bits per heavy atom. The molecule has 1 heterocycles. The van der Waals surface area contributed by atoms with E-state index >= 15 is 0 Å². The zero-order valence-electron chi connectivity index (χ0n) is 8.61. The first-order valence-electron chi connectivity index (χ1n) is 4.90. The fourth-order valence-electron chi connectivity index (χ4n) is 1.61. The molecule has 1 aliphatic rings. The highest BCUT2D eigenvalue weighted by Crippen LogP contribution is 2.15. The molecule has 1 rings (SSSR count). The van der Waals surface area contributed by atoms with E-state index in [0.717, 1.165) is 19.5 Å². The van der Waals surface area contributed by atoms with E-state index in [9.17, 15) is 4.79 Å². The highest BCUT2D eigenvalue weighted by molar-refractivity contribution is 5.75. The van der Waals surface area contributed by atoms with Crippen LogP contribution in [0.1, 0.15) is 13.3 Å². The molecule has 1 saturated heterocycles. The molecule has 80 valence electrons. The summed E-state index contributed by atoms with van der Waals surface area (Å²) in [5.41, 5.74) is 5.00. The molecule has 0 aromatic rings. The lowest BCUT2D eigenvalue weighted by molar-refractivity contribution is -0.124. The van der Waals surface area contributed by atoms with E-state index in [1.807, 2.05) is 6.08 Å². The average Bonchev–Trinajstić information content (AvgIpc) is 2.62. The van der Waals surface area contributed by atoms with Crippen molar-refractivity contribution in [1.82, 2.24) is 4.90 Å². The summed E-state index contributed by atoms with van der Waals surface area (Å²) in [6.07, 6.45) is 3.02. The fourth-order valence-corrected chi connectivity index (χ4v) is 1.61. The summed E-state index contributed by atoms with van der Waals surface area (Å²) in [6.45, 7) is 7.74. The van der Waals surface area contributed by atoms with Crippen LogP contribution in [0, 0.1) is 0 Å². The molecule has 1 fully saturated rings. The number of primary amides is 1. The number of hydrogen-bond acceptors (Lipinski definition) is 3. The van der Waals surface area contributed by atoms with E-state index in [0.29, 0.717) is 6.04 Å². The van der Waals surface area contributed by atoms with Gasteiger partial charge in [-0.25, -0.2) is 0 Å². The Kier molecular flexibility index (Phi) is 4.10. The van der Waals surface area contributed by atoms with Crippen molar-refractivity contribution in [2.24, 2.45) is 5.73 Å². The molecular weight excluding hydrogens is 180 g/mol. The van der Waals surface area contributed by atoms with Crippen molar-refractivity contribution < 1.29 is 9.53 Å². The molecule has 0 radical (unpaired) electrons. The average molecular weight is 198 g/mol. The lowest BCUT2D eigenvalue weighted by atomic mass is 10.3. The van der Waals surface area contributed by atoms with E-state index in [1.165, 1.54) is 0 Å². The summed E-state index contributed by atoms with van der Waals surface area (Å²) in [7, 11) is 0. The monoisotopic (exact) mass is 198 g/mol. The summed E-state index contributed by atoms with van der Waals surface area (Å²) in [6, 6.07) is 0.372. The van der Waals surface area contributed by atoms with Crippen molar-refractivity contribution in [1.29, 1.82) is 0 Å². The second-order valence-corrected chi connectivity index (χ2v) is 3.66. The van der Waals surface area contributed by atoms with Crippen LogP contribution in [0.5, 0.6) is 0 Å². The van der Waals surface area contributed by atoms with Crippen LogP contribution in [0.3, 0.4) is 0 Å². The number of likely N-dealkylation sites (tertiary alicyclic amines) is 1. The van der Waals surface area contributed by atoms with Gasteiger partial charge < -0.3 is 10.5 Å². The Morgan fingerprint density at radius 2 is 2.57 bits per heavy atom. The fraction of sp³-hybridized carbons (Fsp3) is 0.700. The molecule has 0 bridgehead atoms. The molecule has 0 aromatic heterocycles. The molecular formula is C10H18N2O2. The highest BCUT2D eigenvalue weighted by atomic mass is 16.5. The molecule has 1 aliphatic heterocycles. The number of amides is 1. The molecule has 0 aromatic carbocycles. The van der Waals surface area contributed by atoms with Gasteiger partial charge in [0.25, 0.3) is 0 Å². The predicted octanol–water partition coefficient (Wildman–Crippen LogP) is 0.137. The molecule has 2 N–H and O–H groups in total. The molecule has 4 nitrogen and oxygen atoms in total. The van der Waals surface area contributed by atoms with Gasteiger partial charge in [-0.1, -0.05) is 6.08 Å². The van der Waals surface area contributed by atoms with E-state index in [2.05, 4.69) is 18.4 Å². The summed E-state index contributed by atoms with van der Waals surface area (Å²) < 4.78 is 5.34. The van der Waals surface area contributed by atoms with Gasteiger partial charge >= 0.3 is 0 Å². The van der Waals surface area contributed by atoms with Gasteiger partial charge in [-0.3, -0.25) is 9.69 Å². The third-order valence-electron chi connectivity index (χ3n) is 2.55. The zero-order chi connectivity index (χ0) is 10.6. The summed E-state index contributed by atoms with van der Waals surface area (Å²) in [5.74, 6) is -0.403. The van der Waals surface area contributed by atoms with Gasteiger partial charge in [-0.05, 0) is 13.3 Å². The van der Waals surface area contributed by atoms with E-state index < -0.39 is 5.91 Å². The molecule has 4 heteroatoms. The standard InChI is InChI=1S/C10H18N2O2/c1-3-8(2)12-5-4-9(6-12)14-7-10(11)13/h3,8-9H,1,4-7H2,2H3,(H2,11,13). The van der Waals surface area contributed by atoms with Gasteiger partial charge in [0.2, 0.25) is 5.91 Å². The van der Waals surface area contributed by atoms with Crippen LogP contribution in [0.15, 0.2) is 12.7 Å². The van der Waals surface area contributed by atoms with Gasteiger partial charge in [0.15, 0.2) is 0 Å². The van der Waals surface area contributed by atoms with Crippen LogP contribution in [0.25, 0.3) is 0 Å². The lowest BCUT2D eigenvalue weighted by Gasteiger charge is -2.20. The van der Waals surface area contributed by atoms with Crippen LogP contribution in [0.2, 0.25) is 0 Å². The number of carbonyl (C=O) groups is 1. The minimum atomic E-state index is -0.403. The Labute approximate surface area is 84.7 Å². The van der Waals surface area contributed by atoms with Crippen LogP contribution < -0.4 is 5.73 Å². The van der Waals surface area contributed by atoms with Crippen molar-refractivity contribution >= 4 is 5.91 Å². The Hall–Kier alpha value is -0.870. The van der Waals surface area contributed by atoms with Gasteiger partial charge in [-0.2, -0.15) is 0 Å². The first-order chi connectivity index (χ1) is 6.63. The summed E-state index contributed by atoms with van der Waals surface area (Å²) in [5, 5.41) is 0. The van der Waals surface area contributed by atoms with E-state index in [1.54, 1.807) is 0 Å². The molecule has 0 spiro atoms. The summed E-state index contributed by atoms with van der Waals surface area (Å²) in [4.78, 5) is 12.8. The first-order valence-corrected chi connectivity index (χ1v) is 4.90. The smallest absolute Gasteiger partial charge is 0.243 e. The lowest BCUT2D eigenvalue weighted by Crippen LogP contribution is -2.31. The number of nitrogens with two attached hydrogens (primary N) is 1. The second-order valence-electron chi connectivity index (χ2n) is 3.66. The number of ether oxygens (including phenoxy) is 1. The SMILES string of the molecule is C=CC(C)N1CCC(OCC(N)=O)C1. The molecule has 0 aliphatic carbocycles. The first kappa shape index (κ1) is 11.2. The van der Waals surface area contributed by atoms with Crippen molar-refractivity contribution in [3.8, 4) is 0 Å². The van der Waals surface area contributed by atoms with Crippen molar-refractivity contribution in [3.63, 3.8) is 0 Å².